The van der Waals surface area contributed by atoms with E-state index in [0.29, 0.717) is 11.4 Å². The molecule has 0 spiro atoms. The molecule has 0 fully saturated rings. The van der Waals surface area contributed by atoms with Crippen LogP contribution in [0.2, 0.25) is 0 Å². The Labute approximate surface area is 216 Å². The normalized spacial score (nSPS) is 11.2. The Kier molecular flexibility index (Phi) is 5.82. The van der Waals surface area contributed by atoms with E-state index in [2.05, 4.69) is 29.5 Å². The number of rotatable bonds is 5. The molecule has 1 N–H and O–H groups in total. The largest absolute Gasteiger partial charge is 0.324 e. The summed E-state index contributed by atoms with van der Waals surface area (Å²) in [7, 11) is 0. The van der Waals surface area contributed by atoms with Crippen molar-refractivity contribution in [1.29, 1.82) is 0 Å². The Hall–Kier alpha value is -4.62. The highest BCUT2D eigenvalue weighted by molar-refractivity contribution is 7.21. The molecule has 0 atom stereocenters. The summed E-state index contributed by atoms with van der Waals surface area (Å²) in [6, 6.07) is 31.0. The lowest BCUT2D eigenvalue weighted by atomic mass is 10.1. The van der Waals surface area contributed by atoms with Crippen LogP contribution >= 0.6 is 11.3 Å². The number of aromatic nitrogens is 3. The first-order valence-corrected chi connectivity index (χ1v) is 12.7. The van der Waals surface area contributed by atoms with Crippen molar-refractivity contribution in [2.24, 2.45) is 0 Å². The number of anilines is 1. The first-order chi connectivity index (χ1) is 18.0. The second kappa shape index (κ2) is 9.44. The number of thiazole rings is 1. The van der Waals surface area contributed by atoms with E-state index in [1.807, 2.05) is 72.8 Å². The molecule has 1 amide bonds. The van der Waals surface area contributed by atoms with Crippen molar-refractivity contribution in [2.45, 2.75) is 13.5 Å². The van der Waals surface area contributed by atoms with Crippen LogP contribution in [-0.2, 0) is 11.3 Å². The standard InChI is InChI=1S/C30H22N4O2S/c1-19-6-13-26-27(16-19)37-30(32-26)21-9-11-24(12-10-21)31-28(35)18-34-29(36)15-14-25(33-34)23-8-7-20-4-2-3-5-22(20)17-23/h2-17H,18H2,1H3,(H,31,35). The van der Waals surface area contributed by atoms with Crippen molar-refractivity contribution in [1.82, 2.24) is 14.8 Å². The minimum absolute atomic E-state index is 0.181. The van der Waals surface area contributed by atoms with Crippen LogP contribution < -0.4 is 10.9 Å². The quantitative estimate of drug-likeness (QED) is 0.301. The molecule has 0 saturated carbocycles. The zero-order valence-corrected chi connectivity index (χ0v) is 20.8. The maximum atomic E-state index is 12.7. The summed E-state index contributed by atoms with van der Waals surface area (Å²) in [6.45, 7) is 1.89. The number of hydrogen-bond acceptors (Lipinski definition) is 5. The number of carbonyl (C=O) groups is 1. The van der Waals surface area contributed by atoms with Crippen LogP contribution in [0, 0.1) is 6.92 Å². The van der Waals surface area contributed by atoms with E-state index in [1.54, 1.807) is 17.4 Å². The second-order valence-corrected chi connectivity index (χ2v) is 9.92. The van der Waals surface area contributed by atoms with Crippen molar-refractivity contribution in [3.63, 3.8) is 0 Å². The van der Waals surface area contributed by atoms with Crippen LogP contribution in [0.1, 0.15) is 5.56 Å². The molecule has 0 aliphatic rings. The minimum atomic E-state index is -0.332. The lowest BCUT2D eigenvalue weighted by Crippen LogP contribution is -2.29. The van der Waals surface area contributed by atoms with Gasteiger partial charge < -0.3 is 5.32 Å². The van der Waals surface area contributed by atoms with Crippen molar-refractivity contribution in [3.8, 4) is 21.8 Å². The van der Waals surface area contributed by atoms with Gasteiger partial charge in [-0.25, -0.2) is 9.67 Å². The third-order valence-corrected chi connectivity index (χ3v) is 7.23. The maximum Gasteiger partial charge on any atom is 0.267 e. The molecule has 0 aliphatic heterocycles. The fourth-order valence-electron chi connectivity index (χ4n) is 4.25. The van der Waals surface area contributed by atoms with Gasteiger partial charge in [0, 0.05) is 22.9 Å². The molecule has 6 rings (SSSR count). The highest BCUT2D eigenvalue weighted by Gasteiger charge is 2.11. The Morgan fingerprint density at radius 3 is 2.49 bits per heavy atom. The summed E-state index contributed by atoms with van der Waals surface area (Å²) in [6.07, 6.45) is 0. The lowest BCUT2D eigenvalue weighted by molar-refractivity contribution is -0.117. The van der Waals surface area contributed by atoms with E-state index in [9.17, 15) is 9.59 Å². The summed E-state index contributed by atoms with van der Waals surface area (Å²) in [5.74, 6) is -0.325. The Morgan fingerprint density at radius 2 is 1.65 bits per heavy atom. The van der Waals surface area contributed by atoms with Gasteiger partial charge in [-0.3, -0.25) is 9.59 Å². The van der Waals surface area contributed by atoms with Gasteiger partial charge >= 0.3 is 0 Å². The van der Waals surface area contributed by atoms with Gasteiger partial charge in [0.2, 0.25) is 5.91 Å². The zero-order valence-electron chi connectivity index (χ0n) is 20.0. The van der Waals surface area contributed by atoms with Gasteiger partial charge in [-0.1, -0.05) is 42.5 Å². The summed E-state index contributed by atoms with van der Waals surface area (Å²) < 4.78 is 2.34. The monoisotopic (exact) mass is 502 g/mol. The first-order valence-electron chi connectivity index (χ1n) is 11.9. The van der Waals surface area contributed by atoms with Crippen LogP contribution in [0.4, 0.5) is 5.69 Å². The molecule has 0 radical (unpaired) electrons. The molecule has 0 aliphatic carbocycles. The number of aryl methyl sites for hydroxylation is 1. The summed E-state index contributed by atoms with van der Waals surface area (Å²) in [4.78, 5) is 29.9. The Morgan fingerprint density at radius 1 is 0.865 bits per heavy atom. The highest BCUT2D eigenvalue weighted by atomic mass is 32.1. The number of nitrogens with one attached hydrogen (secondary N) is 1. The Bertz CT molecular complexity index is 1840. The number of amides is 1. The van der Waals surface area contributed by atoms with Crippen molar-refractivity contribution in [2.75, 3.05) is 5.32 Å². The highest BCUT2D eigenvalue weighted by Crippen LogP contribution is 2.31. The summed E-state index contributed by atoms with van der Waals surface area (Å²) >= 11 is 1.64. The SMILES string of the molecule is Cc1ccc2nc(-c3ccc(NC(=O)Cn4nc(-c5ccc6ccccc6c5)ccc4=O)cc3)sc2c1. The van der Waals surface area contributed by atoms with Crippen molar-refractivity contribution >= 4 is 43.9 Å². The Balaban J connectivity index is 1.18. The fraction of sp³-hybridized carbons (Fsp3) is 0.0667. The van der Waals surface area contributed by atoms with Crippen LogP contribution in [0.25, 0.3) is 42.8 Å². The van der Waals surface area contributed by atoms with E-state index in [0.717, 1.165) is 37.1 Å². The number of fused-ring (bicyclic) bond motifs is 2. The van der Waals surface area contributed by atoms with Crippen molar-refractivity contribution < 1.29 is 4.79 Å². The maximum absolute atomic E-state index is 12.7. The molecule has 2 heterocycles. The smallest absolute Gasteiger partial charge is 0.267 e. The molecule has 6 nitrogen and oxygen atoms in total. The molecule has 6 aromatic rings. The molecule has 4 aromatic carbocycles. The summed E-state index contributed by atoms with van der Waals surface area (Å²) in [5, 5.41) is 10.4. The van der Waals surface area contributed by atoms with Gasteiger partial charge in [0.05, 0.1) is 15.9 Å². The van der Waals surface area contributed by atoms with Gasteiger partial charge in [-0.05, 0) is 71.8 Å². The predicted molar refractivity (Wildman–Crippen MR) is 150 cm³/mol. The van der Waals surface area contributed by atoms with Gasteiger partial charge in [0.25, 0.3) is 5.56 Å². The number of hydrogen-bond donors (Lipinski definition) is 1. The van der Waals surface area contributed by atoms with Gasteiger partial charge in [0.15, 0.2) is 0 Å². The second-order valence-electron chi connectivity index (χ2n) is 8.89. The van der Waals surface area contributed by atoms with Crippen LogP contribution in [-0.4, -0.2) is 20.7 Å². The lowest BCUT2D eigenvalue weighted by Gasteiger charge is -2.09. The van der Waals surface area contributed by atoms with E-state index in [-0.39, 0.29) is 18.0 Å². The van der Waals surface area contributed by atoms with E-state index < -0.39 is 0 Å². The fourth-order valence-corrected chi connectivity index (χ4v) is 5.32. The molecule has 180 valence electrons. The molecule has 2 aromatic heterocycles. The van der Waals surface area contributed by atoms with Gasteiger partial charge in [-0.15, -0.1) is 11.3 Å². The van der Waals surface area contributed by atoms with E-state index >= 15 is 0 Å². The molecular weight excluding hydrogens is 480 g/mol. The summed E-state index contributed by atoms with van der Waals surface area (Å²) in [5.41, 5.74) is 4.99. The van der Waals surface area contributed by atoms with Crippen LogP contribution in [0.5, 0.6) is 0 Å². The van der Waals surface area contributed by atoms with Gasteiger partial charge in [-0.2, -0.15) is 5.10 Å². The average molecular weight is 503 g/mol. The third kappa shape index (κ3) is 4.77. The van der Waals surface area contributed by atoms with Gasteiger partial charge in [0.1, 0.15) is 11.6 Å². The molecular formula is C30H22N4O2S. The molecule has 0 bridgehead atoms. The van der Waals surface area contributed by atoms with E-state index in [4.69, 9.17) is 4.98 Å². The number of nitrogens with zero attached hydrogens (tertiary/aromatic N) is 3. The third-order valence-electron chi connectivity index (χ3n) is 6.16. The minimum Gasteiger partial charge on any atom is -0.324 e. The zero-order chi connectivity index (χ0) is 25.4. The topological polar surface area (TPSA) is 76.9 Å². The van der Waals surface area contributed by atoms with E-state index in [1.165, 1.54) is 16.3 Å². The number of carbonyl (C=O) groups excluding carboxylic acids is 1. The molecule has 0 saturated heterocycles. The van der Waals surface area contributed by atoms with Crippen LogP contribution in [0.15, 0.2) is 102 Å². The number of benzene rings is 4. The van der Waals surface area contributed by atoms with Crippen molar-refractivity contribution in [3.05, 3.63) is 113 Å². The predicted octanol–water partition coefficient (Wildman–Crippen LogP) is 6.29. The van der Waals surface area contributed by atoms with Crippen LogP contribution in [0.3, 0.4) is 0 Å². The molecule has 37 heavy (non-hydrogen) atoms. The first kappa shape index (κ1) is 22.8. The average Bonchev–Trinajstić information content (AvgIpc) is 3.33. The molecule has 0 unspecified atom stereocenters. The molecule has 7 heteroatoms.